The number of hydrogen-bond acceptors (Lipinski definition) is 5. The maximum Gasteiger partial charge on any atom is 0.438 e. The minimum atomic E-state index is -0.528. The van der Waals surface area contributed by atoms with Crippen molar-refractivity contribution < 1.29 is 10.7 Å². The lowest BCUT2D eigenvalue weighted by Gasteiger charge is -2.01. The molecule has 0 spiro atoms. The summed E-state index contributed by atoms with van der Waals surface area (Å²) < 4.78 is 9.83. The summed E-state index contributed by atoms with van der Waals surface area (Å²) in [5.74, 6) is 0.828. The average molecular weight is 272 g/mol. The zero-order chi connectivity index (χ0) is 13.4. The van der Waals surface area contributed by atoms with Gasteiger partial charge in [-0.2, -0.15) is 0 Å². The second-order valence-corrected chi connectivity index (χ2v) is 4.57. The SMILES string of the molecule is CCC.CCOc1ccsc1Cc1noc(=O)[nH]1.[HH]. The van der Waals surface area contributed by atoms with Crippen LogP contribution >= 0.6 is 11.3 Å². The molecule has 1 N–H and O–H groups in total. The minimum absolute atomic E-state index is 0. The molecule has 102 valence electrons. The quantitative estimate of drug-likeness (QED) is 0.928. The number of aromatic nitrogens is 2. The molecule has 5 nitrogen and oxygen atoms in total. The molecule has 2 aromatic heterocycles. The number of ether oxygens (including phenoxy) is 1. The van der Waals surface area contributed by atoms with Crippen molar-refractivity contribution in [1.29, 1.82) is 0 Å². The second-order valence-electron chi connectivity index (χ2n) is 3.57. The van der Waals surface area contributed by atoms with E-state index in [0.29, 0.717) is 18.9 Å². The normalized spacial score (nSPS) is 9.72. The monoisotopic (exact) mass is 272 g/mol. The van der Waals surface area contributed by atoms with Crippen LogP contribution in [0.15, 0.2) is 20.8 Å². The van der Waals surface area contributed by atoms with Crippen LogP contribution in [0.4, 0.5) is 0 Å². The van der Waals surface area contributed by atoms with Crippen LogP contribution in [-0.4, -0.2) is 16.7 Å². The van der Waals surface area contributed by atoms with Crippen molar-refractivity contribution >= 4 is 11.3 Å². The van der Waals surface area contributed by atoms with Crippen LogP contribution in [0.3, 0.4) is 0 Å². The van der Waals surface area contributed by atoms with Gasteiger partial charge in [0, 0.05) is 7.85 Å². The Labute approximate surface area is 111 Å². The molecule has 2 heterocycles. The van der Waals surface area contributed by atoms with E-state index in [1.165, 1.54) is 6.42 Å². The lowest BCUT2D eigenvalue weighted by molar-refractivity contribution is 0.338. The maximum absolute atomic E-state index is 10.7. The van der Waals surface area contributed by atoms with Crippen LogP contribution in [0.25, 0.3) is 0 Å². The first-order valence-corrected chi connectivity index (χ1v) is 6.83. The Hall–Kier alpha value is -1.56. The molecule has 6 heteroatoms. The first-order chi connectivity index (χ1) is 8.71. The van der Waals surface area contributed by atoms with E-state index in [1.807, 2.05) is 18.4 Å². The van der Waals surface area contributed by atoms with Crippen molar-refractivity contribution in [2.45, 2.75) is 33.6 Å². The maximum atomic E-state index is 10.7. The highest BCUT2D eigenvalue weighted by atomic mass is 32.1. The first kappa shape index (κ1) is 14.5. The summed E-state index contributed by atoms with van der Waals surface area (Å²) in [5, 5.41) is 5.54. The van der Waals surface area contributed by atoms with Crippen LogP contribution in [0.1, 0.15) is 39.3 Å². The van der Waals surface area contributed by atoms with Gasteiger partial charge in [-0.3, -0.25) is 9.51 Å². The lowest BCUT2D eigenvalue weighted by atomic mass is 10.3. The van der Waals surface area contributed by atoms with Crippen molar-refractivity contribution in [2.24, 2.45) is 0 Å². The Morgan fingerprint density at radius 2 is 2.22 bits per heavy atom. The molecule has 0 amide bonds. The number of nitrogens with one attached hydrogen (secondary N) is 1. The van der Waals surface area contributed by atoms with E-state index in [1.54, 1.807) is 11.3 Å². The Morgan fingerprint density at radius 3 is 2.78 bits per heavy atom. The smallest absolute Gasteiger partial charge is 0.438 e. The number of thiophene rings is 1. The lowest BCUT2D eigenvalue weighted by Crippen LogP contribution is -1.98. The van der Waals surface area contributed by atoms with Gasteiger partial charge in [0.1, 0.15) is 5.75 Å². The van der Waals surface area contributed by atoms with Crippen LogP contribution < -0.4 is 10.5 Å². The van der Waals surface area contributed by atoms with Gasteiger partial charge in [-0.15, -0.1) is 11.3 Å². The molecule has 0 fully saturated rings. The molecule has 2 aromatic rings. The van der Waals surface area contributed by atoms with Gasteiger partial charge in [-0.05, 0) is 18.4 Å². The topological polar surface area (TPSA) is 68.1 Å². The molecule has 18 heavy (non-hydrogen) atoms. The number of hydrogen-bond donors (Lipinski definition) is 1. The standard InChI is InChI=1S/C9H10N2O3S.C3H8.H2/c1-2-13-6-3-4-15-7(6)5-8-10-9(12)14-11-8;1-3-2;/h3-4H,2,5H2,1H3,(H,10,11,12);3H2,1-2H3;1H. The van der Waals surface area contributed by atoms with E-state index < -0.39 is 5.76 Å². The molecule has 0 aliphatic rings. The fourth-order valence-electron chi connectivity index (χ4n) is 1.23. The van der Waals surface area contributed by atoms with E-state index in [4.69, 9.17) is 4.74 Å². The molecule has 0 bridgehead atoms. The van der Waals surface area contributed by atoms with Gasteiger partial charge < -0.3 is 4.74 Å². The van der Waals surface area contributed by atoms with E-state index in [0.717, 1.165) is 10.6 Å². The zero-order valence-electron chi connectivity index (χ0n) is 10.9. The highest BCUT2D eigenvalue weighted by molar-refractivity contribution is 7.10. The van der Waals surface area contributed by atoms with Gasteiger partial charge in [-0.1, -0.05) is 25.4 Å². The van der Waals surface area contributed by atoms with Gasteiger partial charge >= 0.3 is 5.76 Å². The molecular weight excluding hydrogens is 252 g/mol. The number of rotatable bonds is 4. The summed E-state index contributed by atoms with van der Waals surface area (Å²) in [7, 11) is 0. The van der Waals surface area contributed by atoms with Crippen molar-refractivity contribution in [2.75, 3.05) is 6.61 Å². The van der Waals surface area contributed by atoms with Crippen molar-refractivity contribution in [3.8, 4) is 5.75 Å². The van der Waals surface area contributed by atoms with Crippen LogP contribution in [-0.2, 0) is 6.42 Å². The number of nitrogens with zero attached hydrogens (tertiary/aromatic N) is 1. The molecule has 0 aliphatic heterocycles. The summed E-state index contributed by atoms with van der Waals surface area (Å²) in [6.45, 7) is 6.80. The van der Waals surface area contributed by atoms with E-state index in [2.05, 4.69) is 28.5 Å². The average Bonchev–Trinajstić information content (AvgIpc) is 2.92. The Bertz CT molecular complexity index is 507. The van der Waals surface area contributed by atoms with Gasteiger partial charge in [0.25, 0.3) is 0 Å². The second kappa shape index (κ2) is 7.71. The Morgan fingerprint density at radius 1 is 1.50 bits per heavy atom. The van der Waals surface area contributed by atoms with Gasteiger partial charge in [-0.25, -0.2) is 4.79 Å². The summed E-state index contributed by atoms with van der Waals surface area (Å²) in [6.07, 6.45) is 1.78. The third-order valence-corrected chi connectivity index (χ3v) is 2.72. The van der Waals surface area contributed by atoms with E-state index in [-0.39, 0.29) is 1.43 Å². The van der Waals surface area contributed by atoms with E-state index in [9.17, 15) is 4.79 Å². The van der Waals surface area contributed by atoms with E-state index >= 15 is 0 Å². The summed E-state index contributed by atoms with van der Waals surface area (Å²) in [4.78, 5) is 14.2. The number of H-pyrrole nitrogens is 1. The molecule has 0 aliphatic carbocycles. The summed E-state index contributed by atoms with van der Waals surface area (Å²) >= 11 is 1.56. The van der Waals surface area contributed by atoms with Gasteiger partial charge in [0.2, 0.25) is 0 Å². The largest absolute Gasteiger partial charge is 0.493 e. The number of aromatic amines is 1. The fourth-order valence-corrected chi connectivity index (χ4v) is 2.05. The van der Waals surface area contributed by atoms with Gasteiger partial charge in [0.05, 0.1) is 11.5 Å². The summed E-state index contributed by atoms with van der Waals surface area (Å²) in [6, 6.07) is 1.90. The van der Waals surface area contributed by atoms with Crippen LogP contribution in [0.5, 0.6) is 5.75 Å². The molecular formula is C12H20N2O3S. The molecule has 0 unspecified atom stereocenters. The highest BCUT2D eigenvalue weighted by Gasteiger charge is 2.09. The molecule has 0 saturated heterocycles. The summed E-state index contributed by atoms with van der Waals surface area (Å²) in [5.41, 5.74) is 0. The Kier molecular flexibility index (Phi) is 6.21. The molecule has 2 rings (SSSR count). The molecule has 0 saturated carbocycles. The molecule has 0 aromatic carbocycles. The first-order valence-electron chi connectivity index (χ1n) is 5.95. The van der Waals surface area contributed by atoms with Crippen molar-refractivity contribution in [3.63, 3.8) is 0 Å². The molecule has 0 atom stereocenters. The van der Waals surface area contributed by atoms with Crippen LogP contribution in [0, 0.1) is 0 Å². The molecule has 0 radical (unpaired) electrons. The minimum Gasteiger partial charge on any atom is -0.493 e. The third-order valence-electron chi connectivity index (χ3n) is 1.82. The van der Waals surface area contributed by atoms with Crippen molar-refractivity contribution in [1.82, 2.24) is 10.1 Å². The van der Waals surface area contributed by atoms with Gasteiger partial charge in [0.15, 0.2) is 5.82 Å². The predicted molar refractivity (Wildman–Crippen MR) is 73.5 cm³/mol. The predicted octanol–water partition coefficient (Wildman–Crippen LogP) is 3.08. The Balaban J connectivity index is 0.000000742. The fraction of sp³-hybridized carbons (Fsp3) is 0.500. The zero-order valence-corrected chi connectivity index (χ0v) is 11.7. The van der Waals surface area contributed by atoms with Crippen LogP contribution in [0.2, 0.25) is 0 Å². The highest BCUT2D eigenvalue weighted by Crippen LogP contribution is 2.26. The third kappa shape index (κ3) is 4.37. The van der Waals surface area contributed by atoms with Crippen molar-refractivity contribution in [3.05, 3.63) is 32.7 Å².